The minimum Gasteiger partial charge on any atom is -0.476 e. The first-order valence-electron chi connectivity index (χ1n) is 4.47. The number of carboxylic acid groups (broad SMARTS) is 1. The van der Waals surface area contributed by atoms with Gasteiger partial charge in [0.15, 0.2) is 0 Å². The first-order valence-corrected chi connectivity index (χ1v) is 5.29. The second-order valence-electron chi connectivity index (χ2n) is 3.10. The number of carbonyl (C=O) groups is 1. The summed E-state index contributed by atoms with van der Waals surface area (Å²) in [6.07, 6.45) is 2.37. The zero-order valence-electron chi connectivity index (χ0n) is 7.88. The Hall–Kier alpha value is -1.68. The first-order chi connectivity index (χ1) is 7.25. The molecule has 1 aromatic carbocycles. The molecule has 15 heavy (non-hydrogen) atoms. The largest absolute Gasteiger partial charge is 0.476 e. The Kier molecular flexibility index (Phi) is 2.78. The monoisotopic (exact) mass is 219 g/mol. The topological polar surface area (TPSA) is 50.2 Å². The van der Waals surface area contributed by atoms with Crippen LogP contribution in [-0.2, 0) is 6.42 Å². The highest BCUT2D eigenvalue weighted by atomic mass is 32.1. The molecule has 0 spiro atoms. The Balaban J connectivity index is 2.15. The molecule has 0 aliphatic rings. The van der Waals surface area contributed by atoms with Gasteiger partial charge in [-0.05, 0) is 5.56 Å². The van der Waals surface area contributed by atoms with E-state index in [0.717, 1.165) is 16.9 Å². The maximum atomic E-state index is 10.6. The van der Waals surface area contributed by atoms with Crippen molar-refractivity contribution < 1.29 is 9.90 Å². The highest BCUT2D eigenvalue weighted by Gasteiger charge is 2.08. The van der Waals surface area contributed by atoms with Gasteiger partial charge < -0.3 is 5.11 Å². The lowest BCUT2D eigenvalue weighted by Gasteiger charge is -1.95. The number of rotatable bonds is 3. The molecule has 1 heterocycles. The number of benzene rings is 1. The standard InChI is InChI=1S/C11H9NO2S/c13-11(14)10-12-7-9(15-10)6-8-4-2-1-3-5-8/h1-5,7H,6H2,(H,13,14). The van der Waals surface area contributed by atoms with E-state index in [4.69, 9.17) is 5.11 Å². The van der Waals surface area contributed by atoms with Crippen LogP contribution in [0.2, 0.25) is 0 Å². The molecular formula is C11H9NO2S. The smallest absolute Gasteiger partial charge is 0.365 e. The fourth-order valence-electron chi connectivity index (χ4n) is 1.29. The predicted octanol–water partition coefficient (Wildman–Crippen LogP) is 2.43. The van der Waals surface area contributed by atoms with E-state index in [1.54, 1.807) is 6.20 Å². The van der Waals surface area contributed by atoms with Crippen LogP contribution in [0.15, 0.2) is 36.5 Å². The summed E-state index contributed by atoms with van der Waals surface area (Å²) >= 11 is 1.23. The summed E-state index contributed by atoms with van der Waals surface area (Å²) in [5.74, 6) is -0.959. The predicted molar refractivity (Wildman–Crippen MR) is 58.3 cm³/mol. The molecular weight excluding hydrogens is 210 g/mol. The summed E-state index contributed by atoms with van der Waals surface area (Å²) < 4.78 is 0. The van der Waals surface area contributed by atoms with Gasteiger partial charge in [0, 0.05) is 17.5 Å². The lowest BCUT2D eigenvalue weighted by molar-refractivity contribution is 0.0696. The van der Waals surface area contributed by atoms with Crippen molar-refractivity contribution >= 4 is 17.3 Å². The maximum absolute atomic E-state index is 10.6. The van der Waals surface area contributed by atoms with Crippen molar-refractivity contribution in [3.05, 3.63) is 52.0 Å². The summed E-state index contributed by atoms with van der Waals surface area (Å²) in [4.78, 5) is 15.4. The zero-order valence-corrected chi connectivity index (χ0v) is 8.70. The molecule has 1 aromatic heterocycles. The minimum atomic E-state index is -0.959. The van der Waals surface area contributed by atoms with Gasteiger partial charge in [-0.2, -0.15) is 0 Å². The Morgan fingerprint density at radius 1 is 1.33 bits per heavy atom. The second-order valence-corrected chi connectivity index (χ2v) is 4.21. The lowest BCUT2D eigenvalue weighted by Crippen LogP contribution is -1.92. The summed E-state index contributed by atoms with van der Waals surface area (Å²) in [5, 5.41) is 8.87. The third-order valence-electron chi connectivity index (χ3n) is 1.96. The maximum Gasteiger partial charge on any atom is 0.365 e. The molecule has 0 atom stereocenters. The van der Waals surface area contributed by atoms with E-state index in [1.807, 2.05) is 30.3 Å². The summed E-state index contributed by atoms with van der Waals surface area (Å²) in [7, 11) is 0. The highest BCUT2D eigenvalue weighted by molar-refractivity contribution is 7.13. The van der Waals surface area contributed by atoms with Crippen LogP contribution in [0.3, 0.4) is 0 Å². The molecule has 0 saturated carbocycles. The number of aromatic nitrogens is 1. The lowest BCUT2D eigenvalue weighted by atomic mass is 10.1. The Bertz CT molecular complexity index is 464. The number of nitrogens with zero attached hydrogens (tertiary/aromatic N) is 1. The summed E-state index contributed by atoms with van der Waals surface area (Å²) in [5.41, 5.74) is 1.16. The average Bonchev–Trinajstić information content (AvgIpc) is 2.68. The van der Waals surface area contributed by atoms with E-state index in [1.165, 1.54) is 11.3 Å². The first kappa shape index (κ1) is 9.86. The van der Waals surface area contributed by atoms with Crippen molar-refractivity contribution in [3.63, 3.8) is 0 Å². The number of carboxylic acids is 1. The van der Waals surface area contributed by atoms with Crippen LogP contribution < -0.4 is 0 Å². The molecule has 4 heteroatoms. The van der Waals surface area contributed by atoms with Gasteiger partial charge in [-0.1, -0.05) is 30.3 Å². The molecule has 0 saturated heterocycles. The van der Waals surface area contributed by atoms with Gasteiger partial charge in [0.1, 0.15) is 0 Å². The van der Waals surface area contributed by atoms with Crippen molar-refractivity contribution in [2.75, 3.05) is 0 Å². The van der Waals surface area contributed by atoms with Crippen LogP contribution in [0.4, 0.5) is 0 Å². The van der Waals surface area contributed by atoms with Crippen molar-refractivity contribution in [3.8, 4) is 0 Å². The summed E-state index contributed by atoms with van der Waals surface area (Å²) in [6, 6.07) is 9.92. The van der Waals surface area contributed by atoms with Crippen LogP contribution in [0.5, 0.6) is 0 Å². The second kappa shape index (κ2) is 4.23. The summed E-state index contributed by atoms with van der Waals surface area (Å²) in [6.45, 7) is 0. The highest BCUT2D eigenvalue weighted by Crippen LogP contribution is 2.16. The molecule has 0 bridgehead atoms. The number of hydrogen-bond donors (Lipinski definition) is 1. The fraction of sp³-hybridized carbons (Fsp3) is 0.0909. The molecule has 0 amide bonds. The zero-order chi connectivity index (χ0) is 10.7. The van der Waals surface area contributed by atoms with Gasteiger partial charge in [0.05, 0.1) is 0 Å². The van der Waals surface area contributed by atoms with Gasteiger partial charge in [-0.3, -0.25) is 0 Å². The van der Waals surface area contributed by atoms with E-state index in [2.05, 4.69) is 4.98 Å². The molecule has 76 valence electrons. The third-order valence-corrected chi connectivity index (χ3v) is 2.94. The fourth-order valence-corrected chi connectivity index (χ4v) is 2.07. The van der Waals surface area contributed by atoms with Gasteiger partial charge in [-0.25, -0.2) is 9.78 Å². The molecule has 1 N–H and O–H groups in total. The van der Waals surface area contributed by atoms with E-state index in [0.29, 0.717) is 0 Å². The van der Waals surface area contributed by atoms with E-state index in [-0.39, 0.29) is 5.01 Å². The Labute approximate surface area is 91.0 Å². The van der Waals surface area contributed by atoms with E-state index < -0.39 is 5.97 Å². The SMILES string of the molecule is O=C(O)c1ncc(Cc2ccccc2)s1. The van der Waals surface area contributed by atoms with Crippen LogP contribution in [0.25, 0.3) is 0 Å². The number of thiazole rings is 1. The van der Waals surface area contributed by atoms with E-state index >= 15 is 0 Å². The quantitative estimate of drug-likeness (QED) is 0.862. The number of hydrogen-bond acceptors (Lipinski definition) is 3. The molecule has 2 aromatic rings. The molecule has 0 aliphatic heterocycles. The third kappa shape index (κ3) is 2.41. The van der Waals surface area contributed by atoms with Gasteiger partial charge >= 0.3 is 5.97 Å². The van der Waals surface area contributed by atoms with Crippen molar-refractivity contribution in [1.82, 2.24) is 4.98 Å². The van der Waals surface area contributed by atoms with Gasteiger partial charge in [-0.15, -0.1) is 11.3 Å². The molecule has 0 radical (unpaired) electrons. The number of aromatic carboxylic acids is 1. The molecule has 2 rings (SSSR count). The van der Waals surface area contributed by atoms with Crippen LogP contribution in [0, 0.1) is 0 Å². The van der Waals surface area contributed by atoms with Crippen molar-refractivity contribution in [2.45, 2.75) is 6.42 Å². The van der Waals surface area contributed by atoms with Crippen LogP contribution >= 0.6 is 11.3 Å². The van der Waals surface area contributed by atoms with Crippen LogP contribution in [-0.4, -0.2) is 16.1 Å². The van der Waals surface area contributed by atoms with Crippen molar-refractivity contribution in [2.24, 2.45) is 0 Å². The molecule has 0 fully saturated rings. The Morgan fingerprint density at radius 3 is 2.67 bits per heavy atom. The van der Waals surface area contributed by atoms with Crippen molar-refractivity contribution in [1.29, 1.82) is 0 Å². The minimum absolute atomic E-state index is 0.154. The van der Waals surface area contributed by atoms with Gasteiger partial charge in [0.25, 0.3) is 0 Å². The van der Waals surface area contributed by atoms with E-state index in [9.17, 15) is 4.79 Å². The normalized spacial score (nSPS) is 10.1. The molecule has 3 nitrogen and oxygen atoms in total. The molecule has 0 unspecified atom stereocenters. The molecule has 0 aliphatic carbocycles. The van der Waals surface area contributed by atoms with Gasteiger partial charge in [0.2, 0.25) is 5.01 Å². The van der Waals surface area contributed by atoms with Crippen LogP contribution in [0.1, 0.15) is 20.2 Å². The Morgan fingerprint density at radius 2 is 2.07 bits per heavy atom. The average molecular weight is 219 g/mol.